The van der Waals surface area contributed by atoms with E-state index in [0.717, 1.165) is 25.7 Å². The van der Waals surface area contributed by atoms with Gasteiger partial charge in [0.2, 0.25) is 0 Å². The van der Waals surface area contributed by atoms with Gasteiger partial charge in [-0.15, -0.1) is 0 Å². The summed E-state index contributed by atoms with van der Waals surface area (Å²) in [5, 5.41) is 15.3. The van der Waals surface area contributed by atoms with Crippen molar-refractivity contribution in [3.8, 4) is 0 Å². The summed E-state index contributed by atoms with van der Waals surface area (Å²) in [5.74, 6) is 0.217. The number of aliphatic hydroxyl groups is 1. The molecule has 3 atom stereocenters. The largest absolute Gasteiger partial charge is 0.396 e. The molecule has 0 aromatic carbocycles. The summed E-state index contributed by atoms with van der Waals surface area (Å²) >= 11 is 0. The van der Waals surface area contributed by atoms with E-state index in [1.165, 1.54) is 0 Å². The third-order valence-electron chi connectivity index (χ3n) is 4.11. The molecule has 106 valence electrons. The summed E-state index contributed by atoms with van der Waals surface area (Å²) in [7, 11) is 0. The van der Waals surface area contributed by atoms with Gasteiger partial charge in [-0.2, -0.15) is 0 Å². The van der Waals surface area contributed by atoms with Crippen LogP contribution in [0, 0.1) is 11.3 Å². The zero-order chi connectivity index (χ0) is 13.8. The molecule has 1 saturated carbocycles. The molecule has 3 N–H and O–H groups in total. The fourth-order valence-electron chi connectivity index (χ4n) is 2.24. The van der Waals surface area contributed by atoms with Crippen LogP contribution in [-0.4, -0.2) is 29.8 Å². The number of carbonyl (C=O) groups is 1. The normalized spacial score (nSPS) is 26.5. The van der Waals surface area contributed by atoms with E-state index in [9.17, 15) is 9.90 Å². The average molecular weight is 256 g/mol. The van der Waals surface area contributed by atoms with Crippen molar-refractivity contribution in [2.75, 3.05) is 6.61 Å². The molecule has 1 fully saturated rings. The Bertz CT molecular complexity index is 273. The summed E-state index contributed by atoms with van der Waals surface area (Å²) in [4.78, 5) is 11.9. The second kappa shape index (κ2) is 6.41. The number of amides is 2. The molecule has 3 unspecified atom stereocenters. The molecule has 1 aliphatic carbocycles. The minimum Gasteiger partial charge on any atom is -0.396 e. The molecule has 4 nitrogen and oxygen atoms in total. The zero-order valence-electron chi connectivity index (χ0n) is 12.1. The minimum absolute atomic E-state index is 0.0558. The van der Waals surface area contributed by atoms with Gasteiger partial charge in [0.15, 0.2) is 0 Å². The highest BCUT2D eigenvalue weighted by Crippen LogP contribution is 2.24. The molecule has 18 heavy (non-hydrogen) atoms. The number of rotatable bonds is 3. The van der Waals surface area contributed by atoms with E-state index in [4.69, 9.17) is 0 Å². The number of hydrogen-bond donors (Lipinski definition) is 3. The van der Waals surface area contributed by atoms with Crippen LogP contribution in [0.2, 0.25) is 0 Å². The van der Waals surface area contributed by atoms with Gasteiger partial charge in [-0.3, -0.25) is 0 Å². The Morgan fingerprint density at radius 1 is 1.33 bits per heavy atom. The molecule has 0 spiro atoms. The first-order chi connectivity index (χ1) is 8.34. The topological polar surface area (TPSA) is 61.4 Å². The molecular formula is C14H28N2O2. The summed E-state index contributed by atoms with van der Waals surface area (Å²) in [6, 6.07) is 0.132. The number of hydrogen-bond acceptors (Lipinski definition) is 2. The van der Waals surface area contributed by atoms with Gasteiger partial charge < -0.3 is 15.7 Å². The quantitative estimate of drug-likeness (QED) is 0.725. The Balaban J connectivity index is 2.43. The minimum atomic E-state index is -0.109. The molecule has 0 heterocycles. The van der Waals surface area contributed by atoms with Crippen molar-refractivity contribution in [1.29, 1.82) is 0 Å². The Morgan fingerprint density at radius 2 is 1.94 bits per heavy atom. The van der Waals surface area contributed by atoms with Crippen LogP contribution in [0.15, 0.2) is 0 Å². The van der Waals surface area contributed by atoms with Crippen molar-refractivity contribution in [3.63, 3.8) is 0 Å². The fraction of sp³-hybridized carbons (Fsp3) is 0.929. The number of carbonyl (C=O) groups excluding carboxylic acids is 1. The Hall–Kier alpha value is -0.770. The molecule has 0 aromatic rings. The molecule has 1 rings (SSSR count). The first-order valence-electron chi connectivity index (χ1n) is 7.02. The van der Waals surface area contributed by atoms with Gasteiger partial charge in [-0.25, -0.2) is 4.79 Å². The summed E-state index contributed by atoms with van der Waals surface area (Å²) < 4.78 is 0. The lowest BCUT2D eigenvalue weighted by Gasteiger charge is -2.33. The van der Waals surface area contributed by atoms with Crippen LogP contribution < -0.4 is 10.6 Å². The molecular weight excluding hydrogens is 228 g/mol. The first-order valence-corrected chi connectivity index (χ1v) is 7.02. The second-order valence-electron chi connectivity index (χ2n) is 6.54. The number of urea groups is 1. The standard InChI is InChI=1S/C14H28N2O2/c1-10(14(2,3)4)15-13(18)16-12-8-6-5-7-11(12)9-17/h10-12,17H,5-9H2,1-4H3,(H2,15,16,18). The lowest BCUT2D eigenvalue weighted by molar-refractivity contribution is 0.151. The van der Waals surface area contributed by atoms with Crippen molar-refractivity contribution < 1.29 is 9.90 Å². The van der Waals surface area contributed by atoms with E-state index in [2.05, 4.69) is 31.4 Å². The van der Waals surface area contributed by atoms with Crippen LogP contribution in [0.4, 0.5) is 4.79 Å². The molecule has 0 aromatic heterocycles. The molecule has 4 heteroatoms. The third-order valence-corrected chi connectivity index (χ3v) is 4.11. The van der Waals surface area contributed by atoms with Crippen molar-refractivity contribution in [2.45, 2.75) is 65.5 Å². The van der Waals surface area contributed by atoms with Gasteiger partial charge in [0.25, 0.3) is 0 Å². The van der Waals surface area contributed by atoms with Crippen LogP contribution in [0.1, 0.15) is 53.4 Å². The van der Waals surface area contributed by atoms with E-state index < -0.39 is 0 Å². The molecule has 0 radical (unpaired) electrons. The second-order valence-corrected chi connectivity index (χ2v) is 6.54. The third kappa shape index (κ3) is 4.48. The highest BCUT2D eigenvalue weighted by atomic mass is 16.3. The van der Waals surface area contributed by atoms with Crippen molar-refractivity contribution in [1.82, 2.24) is 10.6 Å². The SMILES string of the molecule is CC(NC(=O)NC1CCCCC1CO)C(C)(C)C. The lowest BCUT2D eigenvalue weighted by atomic mass is 9.85. The van der Waals surface area contributed by atoms with E-state index in [1.807, 2.05) is 6.92 Å². The maximum Gasteiger partial charge on any atom is 0.315 e. The molecule has 0 aliphatic heterocycles. The Morgan fingerprint density at radius 3 is 2.50 bits per heavy atom. The van der Waals surface area contributed by atoms with E-state index in [1.54, 1.807) is 0 Å². The highest BCUT2D eigenvalue weighted by molar-refractivity contribution is 5.74. The zero-order valence-corrected chi connectivity index (χ0v) is 12.1. The average Bonchev–Trinajstić information content (AvgIpc) is 2.28. The predicted octanol–water partition coefficient (Wildman–Crippen LogP) is 2.27. The Labute approximate surface area is 111 Å². The number of nitrogens with one attached hydrogen (secondary N) is 2. The van der Waals surface area contributed by atoms with Gasteiger partial charge in [-0.05, 0) is 25.2 Å². The van der Waals surface area contributed by atoms with Gasteiger partial charge in [0.1, 0.15) is 0 Å². The highest BCUT2D eigenvalue weighted by Gasteiger charge is 2.27. The van der Waals surface area contributed by atoms with E-state index in [0.29, 0.717) is 0 Å². The Kier molecular flexibility index (Phi) is 5.45. The van der Waals surface area contributed by atoms with Crippen LogP contribution >= 0.6 is 0 Å². The maximum absolute atomic E-state index is 11.9. The van der Waals surface area contributed by atoms with Gasteiger partial charge in [0, 0.05) is 24.6 Å². The number of aliphatic hydroxyl groups excluding tert-OH is 1. The van der Waals surface area contributed by atoms with Crippen molar-refractivity contribution >= 4 is 6.03 Å². The van der Waals surface area contributed by atoms with Gasteiger partial charge in [-0.1, -0.05) is 33.6 Å². The van der Waals surface area contributed by atoms with Crippen LogP contribution in [0.25, 0.3) is 0 Å². The summed E-state index contributed by atoms with van der Waals surface area (Å²) in [6.45, 7) is 8.50. The van der Waals surface area contributed by atoms with E-state index >= 15 is 0 Å². The first kappa shape index (κ1) is 15.3. The monoisotopic (exact) mass is 256 g/mol. The smallest absolute Gasteiger partial charge is 0.315 e. The van der Waals surface area contributed by atoms with Gasteiger partial charge in [0.05, 0.1) is 0 Å². The fourth-order valence-corrected chi connectivity index (χ4v) is 2.24. The molecule has 1 aliphatic rings. The van der Waals surface area contributed by atoms with Gasteiger partial charge >= 0.3 is 6.03 Å². The van der Waals surface area contributed by atoms with Crippen LogP contribution in [0.3, 0.4) is 0 Å². The summed E-state index contributed by atoms with van der Waals surface area (Å²) in [6.07, 6.45) is 4.28. The predicted molar refractivity (Wildman–Crippen MR) is 73.4 cm³/mol. The summed E-state index contributed by atoms with van der Waals surface area (Å²) in [5.41, 5.74) is 0.0558. The molecule has 0 saturated heterocycles. The van der Waals surface area contributed by atoms with Crippen molar-refractivity contribution in [2.24, 2.45) is 11.3 Å². The van der Waals surface area contributed by atoms with Crippen molar-refractivity contribution in [3.05, 3.63) is 0 Å². The maximum atomic E-state index is 11.9. The van der Waals surface area contributed by atoms with Crippen LogP contribution in [0.5, 0.6) is 0 Å². The lowest BCUT2D eigenvalue weighted by Crippen LogP contribution is -2.52. The van der Waals surface area contributed by atoms with E-state index in [-0.39, 0.29) is 36.1 Å². The molecule has 0 bridgehead atoms. The van der Waals surface area contributed by atoms with Crippen LogP contribution in [-0.2, 0) is 0 Å². The molecule has 2 amide bonds.